The van der Waals surface area contributed by atoms with Gasteiger partial charge in [-0.3, -0.25) is 9.36 Å². The SMILES string of the molecule is Cc1cn(C(=O)C2=CCC(C(C)(C)C)CC2)c2ccccc12. The third-order valence-electron chi connectivity index (χ3n) is 5.04. The zero-order valence-corrected chi connectivity index (χ0v) is 14.0. The Labute approximate surface area is 132 Å². The van der Waals surface area contributed by atoms with Crippen molar-refractivity contribution in [1.82, 2.24) is 4.57 Å². The molecule has 0 bridgehead atoms. The van der Waals surface area contributed by atoms with Gasteiger partial charge in [0.15, 0.2) is 0 Å². The van der Waals surface area contributed by atoms with Gasteiger partial charge in [-0.2, -0.15) is 0 Å². The van der Waals surface area contributed by atoms with Crippen molar-refractivity contribution >= 4 is 16.8 Å². The van der Waals surface area contributed by atoms with Gasteiger partial charge in [0.1, 0.15) is 0 Å². The lowest BCUT2D eigenvalue weighted by molar-refractivity contribution is 0.0947. The molecule has 0 radical (unpaired) electrons. The van der Waals surface area contributed by atoms with Crippen LogP contribution in [-0.4, -0.2) is 10.5 Å². The molecule has 1 aromatic heterocycles. The normalized spacial score (nSPS) is 19.3. The average Bonchev–Trinajstić information content (AvgIpc) is 2.83. The number of benzene rings is 1. The molecular weight excluding hydrogens is 270 g/mol. The van der Waals surface area contributed by atoms with Crippen LogP contribution in [0.5, 0.6) is 0 Å². The second-order valence-electron chi connectivity index (χ2n) is 7.57. The quantitative estimate of drug-likeness (QED) is 0.694. The Morgan fingerprint density at radius 2 is 1.95 bits per heavy atom. The molecule has 1 aromatic carbocycles. The zero-order valence-electron chi connectivity index (χ0n) is 14.0. The summed E-state index contributed by atoms with van der Waals surface area (Å²) >= 11 is 0. The van der Waals surface area contributed by atoms with Crippen molar-refractivity contribution in [3.63, 3.8) is 0 Å². The van der Waals surface area contributed by atoms with Crippen LogP contribution in [0.25, 0.3) is 10.9 Å². The third-order valence-corrected chi connectivity index (χ3v) is 5.04. The Morgan fingerprint density at radius 1 is 1.23 bits per heavy atom. The van der Waals surface area contributed by atoms with Crippen LogP contribution in [0.15, 0.2) is 42.1 Å². The maximum atomic E-state index is 12.9. The molecule has 1 unspecified atom stereocenters. The number of carbonyl (C=O) groups is 1. The number of aryl methyl sites for hydroxylation is 1. The molecule has 0 N–H and O–H groups in total. The van der Waals surface area contributed by atoms with Gasteiger partial charge in [-0.25, -0.2) is 0 Å². The van der Waals surface area contributed by atoms with E-state index in [0.717, 1.165) is 35.9 Å². The van der Waals surface area contributed by atoms with E-state index in [1.165, 1.54) is 5.39 Å². The topological polar surface area (TPSA) is 22.0 Å². The van der Waals surface area contributed by atoms with Crippen molar-refractivity contribution in [3.8, 4) is 0 Å². The van der Waals surface area contributed by atoms with Crippen LogP contribution in [-0.2, 0) is 0 Å². The van der Waals surface area contributed by atoms with E-state index < -0.39 is 0 Å². The monoisotopic (exact) mass is 295 g/mol. The number of rotatable bonds is 1. The molecule has 22 heavy (non-hydrogen) atoms. The predicted molar refractivity (Wildman–Crippen MR) is 92.2 cm³/mol. The summed E-state index contributed by atoms with van der Waals surface area (Å²) in [6, 6.07) is 8.13. The molecule has 3 rings (SSSR count). The molecule has 2 heteroatoms. The van der Waals surface area contributed by atoms with Crippen LogP contribution in [0.1, 0.15) is 50.4 Å². The fraction of sp³-hybridized carbons (Fsp3) is 0.450. The van der Waals surface area contributed by atoms with Gasteiger partial charge < -0.3 is 0 Å². The van der Waals surface area contributed by atoms with Gasteiger partial charge in [0.2, 0.25) is 0 Å². The predicted octanol–water partition coefficient (Wildman–Crippen LogP) is 5.36. The number of hydrogen-bond acceptors (Lipinski definition) is 1. The van der Waals surface area contributed by atoms with E-state index in [0.29, 0.717) is 11.3 Å². The Hall–Kier alpha value is -1.83. The number of para-hydroxylation sites is 1. The van der Waals surface area contributed by atoms with E-state index in [9.17, 15) is 4.79 Å². The summed E-state index contributed by atoms with van der Waals surface area (Å²) in [5, 5.41) is 1.17. The summed E-state index contributed by atoms with van der Waals surface area (Å²) in [4.78, 5) is 12.9. The summed E-state index contributed by atoms with van der Waals surface area (Å²) in [7, 11) is 0. The highest BCUT2D eigenvalue weighted by molar-refractivity contribution is 6.02. The van der Waals surface area contributed by atoms with Gasteiger partial charge in [0.05, 0.1) is 5.52 Å². The molecule has 0 amide bonds. The van der Waals surface area contributed by atoms with Crippen molar-refractivity contribution < 1.29 is 4.79 Å². The first-order chi connectivity index (χ1) is 10.4. The van der Waals surface area contributed by atoms with Gasteiger partial charge in [-0.1, -0.05) is 45.0 Å². The first-order valence-corrected chi connectivity index (χ1v) is 8.18. The molecule has 1 aliphatic rings. The molecular formula is C20H25NO. The van der Waals surface area contributed by atoms with E-state index in [2.05, 4.69) is 39.8 Å². The molecule has 1 heterocycles. The second-order valence-corrected chi connectivity index (χ2v) is 7.57. The fourth-order valence-electron chi connectivity index (χ4n) is 3.49. The van der Waals surface area contributed by atoms with E-state index >= 15 is 0 Å². The summed E-state index contributed by atoms with van der Waals surface area (Å²) < 4.78 is 1.83. The minimum atomic E-state index is 0.150. The van der Waals surface area contributed by atoms with Gasteiger partial charge in [-0.15, -0.1) is 0 Å². The molecule has 2 aromatic rings. The first kappa shape index (κ1) is 15.1. The molecule has 116 valence electrons. The fourth-order valence-corrected chi connectivity index (χ4v) is 3.49. The lowest BCUT2D eigenvalue weighted by Crippen LogP contribution is -2.24. The highest BCUT2D eigenvalue weighted by atomic mass is 16.2. The van der Waals surface area contributed by atoms with Gasteiger partial charge in [-0.05, 0) is 49.1 Å². The number of allylic oxidation sites excluding steroid dienone is 2. The molecule has 0 saturated heterocycles. The van der Waals surface area contributed by atoms with E-state index in [1.807, 2.05) is 29.0 Å². The maximum Gasteiger partial charge on any atom is 0.257 e. The van der Waals surface area contributed by atoms with Crippen molar-refractivity contribution in [2.45, 2.75) is 47.0 Å². The van der Waals surface area contributed by atoms with Crippen LogP contribution in [0.2, 0.25) is 0 Å². The van der Waals surface area contributed by atoms with Crippen molar-refractivity contribution in [2.75, 3.05) is 0 Å². The van der Waals surface area contributed by atoms with E-state index in [1.54, 1.807) is 0 Å². The summed E-state index contributed by atoms with van der Waals surface area (Å²) in [5.41, 5.74) is 3.47. The van der Waals surface area contributed by atoms with Crippen molar-refractivity contribution in [2.24, 2.45) is 11.3 Å². The summed E-state index contributed by atoms with van der Waals surface area (Å²) in [5.74, 6) is 0.823. The highest BCUT2D eigenvalue weighted by Gasteiger charge is 2.28. The number of nitrogens with zero attached hydrogens (tertiary/aromatic N) is 1. The van der Waals surface area contributed by atoms with Gasteiger partial charge >= 0.3 is 0 Å². The summed E-state index contributed by atoms with van der Waals surface area (Å²) in [6.07, 6.45) is 7.17. The average molecular weight is 295 g/mol. The largest absolute Gasteiger partial charge is 0.283 e. The van der Waals surface area contributed by atoms with Gasteiger partial charge in [0, 0.05) is 17.2 Å². The lowest BCUT2D eigenvalue weighted by atomic mass is 9.73. The molecule has 0 aliphatic heterocycles. The molecule has 0 spiro atoms. The number of aromatic nitrogens is 1. The van der Waals surface area contributed by atoms with Gasteiger partial charge in [0.25, 0.3) is 5.91 Å². The minimum Gasteiger partial charge on any atom is -0.283 e. The Kier molecular flexibility index (Phi) is 3.72. The highest BCUT2D eigenvalue weighted by Crippen LogP contribution is 2.37. The van der Waals surface area contributed by atoms with Crippen LogP contribution < -0.4 is 0 Å². The third kappa shape index (κ3) is 2.63. The summed E-state index contributed by atoms with van der Waals surface area (Å²) in [6.45, 7) is 8.94. The standard InChI is InChI=1S/C20H25NO/c1-14-13-21(18-8-6-5-7-17(14)18)19(22)15-9-11-16(12-10-15)20(2,3)4/h5-9,13,16H,10-12H2,1-4H3. The zero-order chi connectivity index (χ0) is 15.9. The van der Waals surface area contributed by atoms with Crippen molar-refractivity contribution in [3.05, 3.63) is 47.7 Å². The number of fused-ring (bicyclic) bond motifs is 1. The lowest BCUT2D eigenvalue weighted by Gasteiger charge is -2.33. The van der Waals surface area contributed by atoms with Crippen LogP contribution in [0.3, 0.4) is 0 Å². The van der Waals surface area contributed by atoms with Crippen LogP contribution >= 0.6 is 0 Å². The minimum absolute atomic E-state index is 0.150. The van der Waals surface area contributed by atoms with Crippen LogP contribution in [0.4, 0.5) is 0 Å². The Balaban J connectivity index is 1.90. The first-order valence-electron chi connectivity index (χ1n) is 8.18. The maximum absolute atomic E-state index is 12.9. The van der Waals surface area contributed by atoms with Crippen molar-refractivity contribution in [1.29, 1.82) is 0 Å². The molecule has 1 atom stereocenters. The smallest absolute Gasteiger partial charge is 0.257 e. The molecule has 1 aliphatic carbocycles. The van der Waals surface area contributed by atoms with E-state index in [-0.39, 0.29) is 5.91 Å². The van der Waals surface area contributed by atoms with E-state index in [4.69, 9.17) is 0 Å². The second kappa shape index (κ2) is 5.42. The Morgan fingerprint density at radius 3 is 2.59 bits per heavy atom. The van der Waals surface area contributed by atoms with Crippen LogP contribution in [0, 0.1) is 18.3 Å². The molecule has 0 fully saturated rings. The number of carbonyl (C=O) groups excluding carboxylic acids is 1. The molecule has 2 nitrogen and oxygen atoms in total. The number of hydrogen-bond donors (Lipinski definition) is 0. The Bertz CT molecular complexity index is 743. The molecule has 0 saturated carbocycles.